The highest BCUT2D eigenvalue weighted by Crippen LogP contribution is 2.17. The van der Waals surface area contributed by atoms with Gasteiger partial charge in [0.1, 0.15) is 5.82 Å². The van der Waals surface area contributed by atoms with Gasteiger partial charge in [-0.2, -0.15) is 0 Å². The van der Waals surface area contributed by atoms with Crippen LogP contribution in [-0.4, -0.2) is 35.8 Å². The summed E-state index contributed by atoms with van der Waals surface area (Å²) in [6, 6.07) is 3.17. The highest BCUT2D eigenvalue weighted by molar-refractivity contribution is 6.33. The van der Waals surface area contributed by atoms with E-state index < -0.39 is 5.97 Å². The largest absolute Gasteiger partial charge is 0.476 e. The van der Waals surface area contributed by atoms with E-state index in [0.717, 1.165) is 0 Å². The molecule has 0 aliphatic rings. The van der Waals surface area contributed by atoms with Gasteiger partial charge in [-0.05, 0) is 19.1 Å². The van der Waals surface area contributed by atoms with Crippen LogP contribution in [0.25, 0.3) is 0 Å². The number of methoxy groups -OCH3 is 1. The average molecular weight is 245 g/mol. The van der Waals surface area contributed by atoms with E-state index in [2.05, 4.69) is 10.3 Å². The molecule has 0 fully saturated rings. The zero-order chi connectivity index (χ0) is 12.1. The summed E-state index contributed by atoms with van der Waals surface area (Å²) in [5.41, 5.74) is -0.156. The lowest BCUT2D eigenvalue weighted by molar-refractivity contribution is 0.0691. The molecule has 1 unspecified atom stereocenters. The van der Waals surface area contributed by atoms with Gasteiger partial charge in [0.15, 0.2) is 5.69 Å². The summed E-state index contributed by atoms with van der Waals surface area (Å²) in [5.74, 6) is -0.681. The number of hydrogen-bond donors (Lipinski definition) is 2. The number of carboxylic acid groups (broad SMARTS) is 1. The van der Waals surface area contributed by atoms with Crippen molar-refractivity contribution in [3.05, 3.63) is 22.8 Å². The van der Waals surface area contributed by atoms with Crippen molar-refractivity contribution < 1.29 is 14.6 Å². The zero-order valence-electron chi connectivity index (χ0n) is 9.03. The first-order valence-corrected chi connectivity index (χ1v) is 5.07. The molecule has 2 N–H and O–H groups in total. The second-order valence-electron chi connectivity index (χ2n) is 3.33. The maximum atomic E-state index is 10.8. The van der Waals surface area contributed by atoms with Crippen LogP contribution in [-0.2, 0) is 4.74 Å². The lowest BCUT2D eigenvalue weighted by Crippen LogP contribution is -2.21. The van der Waals surface area contributed by atoms with Crippen LogP contribution in [0.5, 0.6) is 0 Å². The van der Waals surface area contributed by atoms with Gasteiger partial charge in [-0.15, -0.1) is 0 Å². The van der Waals surface area contributed by atoms with Gasteiger partial charge in [-0.3, -0.25) is 0 Å². The number of halogens is 1. The first kappa shape index (κ1) is 12.7. The van der Waals surface area contributed by atoms with Gasteiger partial charge >= 0.3 is 5.97 Å². The molecule has 88 valence electrons. The van der Waals surface area contributed by atoms with Gasteiger partial charge in [0.2, 0.25) is 0 Å². The molecule has 1 aromatic rings. The minimum Gasteiger partial charge on any atom is -0.476 e. The molecule has 16 heavy (non-hydrogen) atoms. The summed E-state index contributed by atoms with van der Waals surface area (Å²) < 4.78 is 4.94. The summed E-state index contributed by atoms with van der Waals surface area (Å²) >= 11 is 5.69. The van der Waals surface area contributed by atoms with Crippen LogP contribution in [0, 0.1) is 0 Å². The Hall–Kier alpha value is -1.33. The highest BCUT2D eigenvalue weighted by Gasteiger charge is 2.12. The van der Waals surface area contributed by atoms with E-state index in [1.54, 1.807) is 13.2 Å². The predicted molar refractivity (Wildman–Crippen MR) is 61.2 cm³/mol. The van der Waals surface area contributed by atoms with Crippen LogP contribution in [0.15, 0.2) is 12.1 Å². The topological polar surface area (TPSA) is 71.5 Å². The number of carbonyl (C=O) groups is 1. The number of hydrogen-bond acceptors (Lipinski definition) is 4. The van der Waals surface area contributed by atoms with Crippen molar-refractivity contribution in [1.29, 1.82) is 0 Å². The fourth-order valence-corrected chi connectivity index (χ4v) is 1.40. The number of carboxylic acids is 1. The van der Waals surface area contributed by atoms with Crippen LogP contribution in [0.2, 0.25) is 5.02 Å². The first-order valence-electron chi connectivity index (χ1n) is 4.70. The maximum Gasteiger partial charge on any atom is 0.356 e. The van der Waals surface area contributed by atoms with Crippen molar-refractivity contribution in [3.8, 4) is 0 Å². The normalized spacial score (nSPS) is 12.2. The monoisotopic (exact) mass is 244 g/mol. The van der Waals surface area contributed by atoms with E-state index in [4.69, 9.17) is 21.4 Å². The Morgan fingerprint density at radius 2 is 2.38 bits per heavy atom. The van der Waals surface area contributed by atoms with Crippen LogP contribution in [0.3, 0.4) is 0 Å². The molecule has 0 aliphatic heterocycles. The molecule has 1 aromatic heterocycles. The van der Waals surface area contributed by atoms with Crippen molar-refractivity contribution in [3.63, 3.8) is 0 Å². The molecule has 0 spiro atoms. The molecule has 0 saturated heterocycles. The zero-order valence-corrected chi connectivity index (χ0v) is 9.78. The molecule has 1 heterocycles. The van der Waals surface area contributed by atoms with E-state index in [1.807, 2.05) is 6.92 Å². The van der Waals surface area contributed by atoms with Crippen LogP contribution in [0.4, 0.5) is 5.82 Å². The summed E-state index contributed by atoms with van der Waals surface area (Å²) in [4.78, 5) is 14.7. The Morgan fingerprint density at radius 1 is 1.69 bits per heavy atom. The fraction of sp³-hybridized carbons (Fsp3) is 0.400. The van der Waals surface area contributed by atoms with Crippen LogP contribution in [0.1, 0.15) is 17.4 Å². The van der Waals surface area contributed by atoms with Crippen molar-refractivity contribution in [1.82, 2.24) is 4.98 Å². The van der Waals surface area contributed by atoms with E-state index >= 15 is 0 Å². The molecule has 0 bridgehead atoms. The third kappa shape index (κ3) is 3.36. The van der Waals surface area contributed by atoms with Gasteiger partial charge in [0.25, 0.3) is 0 Å². The molecule has 0 radical (unpaired) electrons. The Kier molecular flexibility index (Phi) is 4.52. The Bertz CT molecular complexity index is 384. The molecular weight excluding hydrogens is 232 g/mol. The third-order valence-corrected chi connectivity index (χ3v) is 2.16. The number of nitrogens with zero attached hydrogens (tertiary/aromatic N) is 1. The molecule has 6 heteroatoms. The lowest BCUT2D eigenvalue weighted by atomic mass is 10.3. The van der Waals surface area contributed by atoms with Crippen molar-refractivity contribution in [2.45, 2.75) is 13.0 Å². The molecule has 1 rings (SSSR count). The number of aromatic nitrogens is 1. The van der Waals surface area contributed by atoms with E-state index in [9.17, 15) is 4.79 Å². The van der Waals surface area contributed by atoms with Crippen LogP contribution >= 0.6 is 11.6 Å². The van der Waals surface area contributed by atoms with Crippen LogP contribution < -0.4 is 5.32 Å². The minimum atomic E-state index is -1.15. The van der Waals surface area contributed by atoms with Gasteiger partial charge < -0.3 is 15.2 Å². The maximum absolute atomic E-state index is 10.8. The summed E-state index contributed by atoms with van der Waals surface area (Å²) in [5, 5.41) is 12.0. The van der Waals surface area contributed by atoms with Crippen molar-refractivity contribution >= 4 is 23.4 Å². The predicted octanol–water partition coefficient (Wildman–Crippen LogP) is 1.88. The summed E-state index contributed by atoms with van der Waals surface area (Å²) in [7, 11) is 1.59. The first-order chi connectivity index (χ1) is 7.54. The number of ether oxygens (including phenoxy) is 1. The molecule has 0 saturated carbocycles. The second-order valence-corrected chi connectivity index (χ2v) is 3.74. The molecular formula is C10H13ClN2O3. The summed E-state index contributed by atoms with van der Waals surface area (Å²) in [6.07, 6.45) is 0. The van der Waals surface area contributed by atoms with E-state index in [-0.39, 0.29) is 16.8 Å². The molecule has 5 nitrogen and oxygen atoms in total. The quantitative estimate of drug-likeness (QED) is 0.828. The molecule has 1 atom stereocenters. The fourth-order valence-electron chi connectivity index (χ4n) is 1.22. The highest BCUT2D eigenvalue weighted by atomic mass is 35.5. The smallest absolute Gasteiger partial charge is 0.356 e. The number of pyridine rings is 1. The number of aromatic carboxylic acids is 1. The Labute approximate surface area is 98.4 Å². The number of nitrogens with one attached hydrogen (secondary N) is 1. The van der Waals surface area contributed by atoms with E-state index in [1.165, 1.54) is 6.07 Å². The second kappa shape index (κ2) is 5.67. The lowest BCUT2D eigenvalue weighted by Gasteiger charge is -2.13. The van der Waals surface area contributed by atoms with Gasteiger partial charge in [0.05, 0.1) is 11.6 Å². The van der Waals surface area contributed by atoms with Crippen molar-refractivity contribution in [2.75, 3.05) is 19.0 Å². The minimum absolute atomic E-state index is 0.0420. The molecule has 0 aromatic carbocycles. The standard InChI is InChI=1S/C10H13ClN2O3/c1-6(5-16-2)12-8-4-3-7(11)9(13-8)10(14)15/h3-4,6H,5H2,1-2H3,(H,12,13)(H,14,15). The number of anilines is 1. The molecule has 0 amide bonds. The van der Waals surface area contributed by atoms with E-state index in [0.29, 0.717) is 12.4 Å². The van der Waals surface area contributed by atoms with Crippen molar-refractivity contribution in [2.24, 2.45) is 0 Å². The number of rotatable bonds is 5. The Balaban J connectivity index is 2.82. The van der Waals surface area contributed by atoms with Gasteiger partial charge in [-0.25, -0.2) is 9.78 Å². The Morgan fingerprint density at radius 3 is 2.94 bits per heavy atom. The van der Waals surface area contributed by atoms with Gasteiger partial charge in [-0.1, -0.05) is 11.6 Å². The third-order valence-electron chi connectivity index (χ3n) is 1.86. The van der Waals surface area contributed by atoms with Gasteiger partial charge in [0, 0.05) is 13.2 Å². The molecule has 0 aliphatic carbocycles. The summed E-state index contributed by atoms with van der Waals surface area (Å²) in [6.45, 7) is 2.41. The average Bonchev–Trinajstić information content (AvgIpc) is 2.21. The SMILES string of the molecule is COCC(C)Nc1ccc(Cl)c(C(=O)O)n1.